The summed E-state index contributed by atoms with van der Waals surface area (Å²) in [5, 5.41) is 11.8. The Bertz CT molecular complexity index is 460. The molecule has 1 saturated carbocycles. The van der Waals surface area contributed by atoms with Crippen molar-refractivity contribution in [3.05, 3.63) is 20.8 Å². The molecule has 1 amide bonds. The maximum Gasteiger partial charge on any atom is 0.306 e. The Morgan fingerprint density at radius 1 is 1.44 bits per heavy atom. The van der Waals surface area contributed by atoms with Crippen molar-refractivity contribution >= 4 is 39.1 Å². The Balaban J connectivity index is 1.80. The fourth-order valence-corrected chi connectivity index (χ4v) is 3.70. The van der Waals surface area contributed by atoms with Gasteiger partial charge in [0.2, 0.25) is 5.91 Å². The number of hydrogen-bond acceptors (Lipinski definition) is 3. The zero-order chi connectivity index (χ0) is 13.1. The van der Waals surface area contributed by atoms with Crippen LogP contribution in [0.25, 0.3) is 0 Å². The molecule has 2 rings (SSSR count). The van der Waals surface area contributed by atoms with Gasteiger partial charge in [-0.25, -0.2) is 0 Å². The quantitative estimate of drug-likeness (QED) is 0.890. The van der Waals surface area contributed by atoms with Crippen LogP contribution in [0.1, 0.15) is 24.1 Å². The molecule has 4 nitrogen and oxygen atoms in total. The summed E-state index contributed by atoms with van der Waals surface area (Å²) in [5.41, 5.74) is 0. The molecule has 2 atom stereocenters. The van der Waals surface area contributed by atoms with Gasteiger partial charge in [-0.2, -0.15) is 0 Å². The number of amides is 1. The second kappa shape index (κ2) is 5.84. The van der Waals surface area contributed by atoms with Gasteiger partial charge in [0.15, 0.2) is 0 Å². The van der Waals surface area contributed by atoms with E-state index in [-0.39, 0.29) is 17.9 Å². The maximum absolute atomic E-state index is 11.8. The Labute approximate surface area is 118 Å². The van der Waals surface area contributed by atoms with Crippen LogP contribution in [0.2, 0.25) is 0 Å². The first-order chi connectivity index (χ1) is 8.54. The van der Waals surface area contributed by atoms with Crippen LogP contribution in [-0.2, 0) is 16.0 Å². The molecule has 1 aliphatic carbocycles. The molecule has 1 aromatic rings. The Hall–Kier alpha value is -0.880. The number of nitrogens with one attached hydrogen (secondary N) is 1. The maximum atomic E-state index is 11.8. The highest BCUT2D eigenvalue weighted by Gasteiger charge is 2.30. The van der Waals surface area contributed by atoms with Crippen LogP contribution >= 0.6 is 27.3 Å². The highest BCUT2D eigenvalue weighted by Crippen LogP contribution is 2.26. The van der Waals surface area contributed by atoms with Crippen LogP contribution in [0.3, 0.4) is 0 Å². The molecule has 0 saturated heterocycles. The minimum absolute atomic E-state index is 0.0157. The lowest BCUT2D eigenvalue weighted by molar-refractivity contribution is -0.141. The highest BCUT2D eigenvalue weighted by atomic mass is 79.9. The number of carbonyl (C=O) groups excluding carboxylic acids is 1. The van der Waals surface area contributed by atoms with E-state index in [0.29, 0.717) is 19.3 Å². The Kier molecular flexibility index (Phi) is 4.40. The van der Waals surface area contributed by atoms with E-state index in [4.69, 9.17) is 5.11 Å². The van der Waals surface area contributed by atoms with Crippen molar-refractivity contribution in [1.82, 2.24) is 5.32 Å². The number of carbonyl (C=O) groups is 2. The summed E-state index contributed by atoms with van der Waals surface area (Å²) < 4.78 is 1.01. The molecule has 18 heavy (non-hydrogen) atoms. The lowest BCUT2D eigenvalue weighted by Crippen LogP contribution is -2.34. The molecule has 0 aliphatic heterocycles. The van der Waals surface area contributed by atoms with Gasteiger partial charge in [0, 0.05) is 10.9 Å². The minimum atomic E-state index is -0.756. The monoisotopic (exact) mass is 331 g/mol. The van der Waals surface area contributed by atoms with E-state index in [9.17, 15) is 9.59 Å². The fourth-order valence-electron chi connectivity index (χ4n) is 2.22. The van der Waals surface area contributed by atoms with Crippen LogP contribution in [-0.4, -0.2) is 23.0 Å². The largest absolute Gasteiger partial charge is 0.481 e. The van der Waals surface area contributed by atoms with Gasteiger partial charge in [0.25, 0.3) is 0 Å². The van der Waals surface area contributed by atoms with Gasteiger partial charge in [0.05, 0.1) is 16.1 Å². The van der Waals surface area contributed by atoms with Crippen molar-refractivity contribution in [2.45, 2.75) is 31.7 Å². The number of rotatable bonds is 4. The molecule has 0 bridgehead atoms. The molecule has 1 aromatic heterocycles. The van der Waals surface area contributed by atoms with Crippen molar-refractivity contribution in [3.8, 4) is 0 Å². The van der Waals surface area contributed by atoms with E-state index in [1.54, 1.807) is 11.3 Å². The molecule has 0 spiro atoms. The molecular weight excluding hydrogens is 318 g/mol. The van der Waals surface area contributed by atoms with Crippen LogP contribution in [0.15, 0.2) is 15.9 Å². The molecule has 2 N–H and O–H groups in total. The first kappa shape index (κ1) is 13.5. The minimum Gasteiger partial charge on any atom is -0.481 e. The first-order valence-corrected chi connectivity index (χ1v) is 7.42. The van der Waals surface area contributed by atoms with Crippen LogP contribution in [0.4, 0.5) is 0 Å². The molecule has 1 fully saturated rings. The van der Waals surface area contributed by atoms with Gasteiger partial charge in [0.1, 0.15) is 0 Å². The van der Waals surface area contributed by atoms with Gasteiger partial charge in [-0.1, -0.05) is 0 Å². The molecule has 6 heteroatoms. The van der Waals surface area contributed by atoms with Crippen molar-refractivity contribution in [3.63, 3.8) is 0 Å². The molecule has 0 radical (unpaired) electrons. The fraction of sp³-hybridized carbons (Fsp3) is 0.500. The normalized spacial score (nSPS) is 22.9. The summed E-state index contributed by atoms with van der Waals surface area (Å²) in [6.45, 7) is 0. The Morgan fingerprint density at radius 3 is 2.78 bits per heavy atom. The predicted octanol–water partition coefficient (Wildman–Crippen LogP) is 2.42. The summed E-state index contributed by atoms with van der Waals surface area (Å²) >= 11 is 4.90. The number of hydrogen-bond donors (Lipinski definition) is 2. The Morgan fingerprint density at radius 2 is 2.22 bits per heavy atom. The van der Waals surface area contributed by atoms with Crippen molar-refractivity contribution in [2.75, 3.05) is 0 Å². The molecule has 98 valence electrons. The standard InChI is InChI=1S/C12H14BrNO3S/c13-10-4-3-9(18-10)6-11(15)14-8-2-1-7(5-8)12(16)17/h3-4,7-8H,1-2,5-6H2,(H,14,15)(H,16,17)/t7-,8+/m1/s1. The van der Waals surface area contributed by atoms with Crippen molar-refractivity contribution in [1.29, 1.82) is 0 Å². The van der Waals surface area contributed by atoms with E-state index in [2.05, 4.69) is 21.2 Å². The van der Waals surface area contributed by atoms with E-state index in [1.165, 1.54) is 0 Å². The third-order valence-corrected chi connectivity index (χ3v) is 4.73. The second-order valence-electron chi connectivity index (χ2n) is 4.50. The van der Waals surface area contributed by atoms with Crippen molar-refractivity contribution in [2.24, 2.45) is 5.92 Å². The average Bonchev–Trinajstić information content (AvgIpc) is 2.88. The number of aliphatic carboxylic acids is 1. The number of thiophene rings is 1. The molecular formula is C12H14BrNO3S. The lowest BCUT2D eigenvalue weighted by atomic mass is 10.1. The number of carboxylic acid groups (broad SMARTS) is 1. The number of carboxylic acids is 1. The van der Waals surface area contributed by atoms with Gasteiger partial charge < -0.3 is 10.4 Å². The lowest BCUT2D eigenvalue weighted by Gasteiger charge is -2.11. The molecule has 0 unspecified atom stereocenters. The van der Waals surface area contributed by atoms with E-state index in [1.807, 2.05) is 12.1 Å². The first-order valence-electron chi connectivity index (χ1n) is 5.81. The zero-order valence-electron chi connectivity index (χ0n) is 9.69. The van der Waals surface area contributed by atoms with Gasteiger partial charge >= 0.3 is 5.97 Å². The van der Waals surface area contributed by atoms with E-state index >= 15 is 0 Å². The van der Waals surface area contributed by atoms with E-state index in [0.717, 1.165) is 15.1 Å². The molecule has 1 heterocycles. The predicted molar refractivity (Wildman–Crippen MR) is 72.6 cm³/mol. The molecule has 0 aromatic carbocycles. The molecule has 1 aliphatic rings. The highest BCUT2D eigenvalue weighted by molar-refractivity contribution is 9.11. The van der Waals surface area contributed by atoms with Gasteiger partial charge in [-0.05, 0) is 47.3 Å². The average molecular weight is 332 g/mol. The van der Waals surface area contributed by atoms with Gasteiger partial charge in [-0.3, -0.25) is 9.59 Å². The van der Waals surface area contributed by atoms with Crippen LogP contribution < -0.4 is 5.32 Å². The summed E-state index contributed by atoms with van der Waals surface area (Å²) in [7, 11) is 0. The summed E-state index contributed by atoms with van der Waals surface area (Å²) in [6, 6.07) is 3.86. The van der Waals surface area contributed by atoms with Crippen molar-refractivity contribution < 1.29 is 14.7 Å². The van der Waals surface area contributed by atoms with Gasteiger partial charge in [-0.15, -0.1) is 11.3 Å². The zero-order valence-corrected chi connectivity index (χ0v) is 12.1. The third kappa shape index (κ3) is 3.55. The SMILES string of the molecule is O=C(Cc1ccc(Br)s1)N[C@H]1CC[C@@H](C(=O)O)C1. The van der Waals surface area contributed by atoms with Crippen LogP contribution in [0, 0.1) is 5.92 Å². The topological polar surface area (TPSA) is 66.4 Å². The summed E-state index contributed by atoms with van der Waals surface area (Å²) in [4.78, 5) is 23.6. The smallest absolute Gasteiger partial charge is 0.306 e. The third-order valence-electron chi connectivity index (χ3n) is 3.11. The second-order valence-corrected chi connectivity index (χ2v) is 7.04. The van der Waals surface area contributed by atoms with E-state index < -0.39 is 5.97 Å². The number of halogens is 1. The summed E-state index contributed by atoms with van der Waals surface area (Å²) in [6.07, 6.45) is 2.33. The summed E-state index contributed by atoms with van der Waals surface area (Å²) in [5.74, 6) is -1.08. The van der Waals surface area contributed by atoms with Crippen LogP contribution in [0.5, 0.6) is 0 Å².